The zero-order valence-corrected chi connectivity index (χ0v) is 19.7. The third-order valence-corrected chi connectivity index (χ3v) is 6.03. The Bertz CT molecular complexity index is 1390. The van der Waals surface area contributed by atoms with E-state index in [9.17, 15) is 13.2 Å². The van der Waals surface area contributed by atoms with Crippen molar-refractivity contribution in [3.05, 3.63) is 83.5 Å². The van der Waals surface area contributed by atoms with E-state index in [-0.39, 0.29) is 11.7 Å². The smallest absolute Gasteiger partial charge is 0.495 e. The number of rotatable bonds is 6. The summed E-state index contributed by atoms with van der Waals surface area (Å²) in [6, 6.07) is 11.9. The molecule has 2 aromatic carbocycles. The number of hydrogen-bond donors (Lipinski definition) is 0. The number of hydrogen-bond acceptors (Lipinski definition) is 5. The van der Waals surface area contributed by atoms with E-state index in [2.05, 4.69) is 14.8 Å². The number of fused-ring (bicyclic) bond motifs is 1. The van der Waals surface area contributed by atoms with Gasteiger partial charge in [0.05, 0.1) is 24.8 Å². The van der Waals surface area contributed by atoms with E-state index in [1.807, 2.05) is 52.7 Å². The fourth-order valence-electron chi connectivity index (χ4n) is 4.39. The van der Waals surface area contributed by atoms with Crippen LogP contribution in [0.5, 0.6) is 11.5 Å². The van der Waals surface area contributed by atoms with Gasteiger partial charge >= 0.3 is 6.36 Å². The summed E-state index contributed by atoms with van der Waals surface area (Å²) in [5, 5.41) is 4.62. The maximum atomic E-state index is 12.5. The number of halogens is 3. The fraction of sp³-hybridized carbons (Fsp3) is 0.269. The number of methoxy groups -OCH3 is 1. The Balaban J connectivity index is 1.35. The lowest BCUT2D eigenvalue weighted by Gasteiger charge is -2.22. The Hall–Kier alpha value is -4.08. The van der Waals surface area contributed by atoms with Gasteiger partial charge in [-0.3, -0.25) is 0 Å². The summed E-state index contributed by atoms with van der Waals surface area (Å²) in [7, 11) is 1.63. The van der Waals surface area contributed by atoms with Gasteiger partial charge < -0.3 is 14.0 Å². The lowest BCUT2D eigenvalue weighted by atomic mass is 9.91. The van der Waals surface area contributed by atoms with E-state index >= 15 is 0 Å². The van der Waals surface area contributed by atoms with E-state index in [1.165, 1.54) is 12.1 Å². The van der Waals surface area contributed by atoms with E-state index in [0.717, 1.165) is 47.7 Å². The monoisotopic (exact) mass is 495 g/mol. The van der Waals surface area contributed by atoms with Crippen molar-refractivity contribution in [1.29, 1.82) is 0 Å². The van der Waals surface area contributed by atoms with Gasteiger partial charge in [-0.25, -0.2) is 14.6 Å². The summed E-state index contributed by atoms with van der Waals surface area (Å²) in [5.41, 5.74) is 3.61. The second-order valence-electron chi connectivity index (χ2n) is 8.55. The van der Waals surface area contributed by atoms with Gasteiger partial charge in [-0.15, -0.1) is 13.2 Å². The zero-order valence-electron chi connectivity index (χ0n) is 19.7. The summed E-state index contributed by atoms with van der Waals surface area (Å²) in [4.78, 5) is 8.99. The third-order valence-electron chi connectivity index (χ3n) is 6.03. The van der Waals surface area contributed by atoms with Gasteiger partial charge in [0.25, 0.3) is 0 Å². The Morgan fingerprint density at radius 3 is 2.58 bits per heavy atom. The summed E-state index contributed by atoms with van der Waals surface area (Å²) < 4.78 is 50.8. The molecule has 0 radical (unpaired) electrons. The molecule has 36 heavy (non-hydrogen) atoms. The highest BCUT2D eigenvalue weighted by atomic mass is 19.4. The number of ether oxygens (including phenoxy) is 2. The highest BCUT2D eigenvalue weighted by molar-refractivity contribution is 5.69. The molecule has 1 aliphatic rings. The van der Waals surface area contributed by atoms with E-state index in [4.69, 9.17) is 9.72 Å². The number of imidazole rings is 1. The molecule has 0 amide bonds. The van der Waals surface area contributed by atoms with Crippen LogP contribution in [-0.2, 0) is 6.54 Å². The molecule has 0 spiro atoms. The normalized spacial score (nSPS) is 15.8. The van der Waals surface area contributed by atoms with Crippen LogP contribution in [0.4, 0.5) is 13.2 Å². The molecule has 3 heterocycles. The largest absolute Gasteiger partial charge is 0.573 e. The Labute approximate surface area is 205 Å². The maximum Gasteiger partial charge on any atom is 0.573 e. The minimum atomic E-state index is -4.71. The highest BCUT2D eigenvalue weighted by Gasteiger charge is 2.31. The predicted molar refractivity (Wildman–Crippen MR) is 128 cm³/mol. The van der Waals surface area contributed by atoms with Gasteiger partial charge in [-0.05, 0) is 61.2 Å². The van der Waals surface area contributed by atoms with Crippen molar-refractivity contribution in [2.75, 3.05) is 7.11 Å². The van der Waals surface area contributed by atoms with Crippen molar-refractivity contribution < 1.29 is 22.6 Å². The summed E-state index contributed by atoms with van der Waals surface area (Å²) in [6.07, 6.45) is 4.47. The Morgan fingerprint density at radius 1 is 1.08 bits per heavy atom. The zero-order chi connectivity index (χ0) is 25.3. The van der Waals surface area contributed by atoms with Crippen molar-refractivity contribution >= 4 is 12.2 Å². The van der Waals surface area contributed by atoms with Crippen LogP contribution in [0.1, 0.15) is 47.2 Å². The topological polar surface area (TPSA) is 67.0 Å². The van der Waals surface area contributed by atoms with Crippen LogP contribution < -0.4 is 9.47 Å². The number of alkyl halides is 3. The number of aryl methyl sites for hydroxylation is 2. The standard InChI is InChI=1S/C26H24F3N5O2/c1-17-15-33(16-30-17)22-11-5-18(14-23(22)35-2)6-12-24-31-25-21(4-3-13-34(25)32-24)19-7-9-20(10-8-19)36-26(27,28)29/h5-12,14-16,21H,3-4,13H2,1-2H3/b12-6+/t21-/m1/s1. The molecule has 7 nitrogen and oxygen atoms in total. The Kier molecular flexibility index (Phi) is 6.26. The molecule has 0 bridgehead atoms. The van der Waals surface area contributed by atoms with Gasteiger partial charge in [-0.2, -0.15) is 5.10 Å². The lowest BCUT2D eigenvalue weighted by molar-refractivity contribution is -0.274. The molecule has 2 aromatic heterocycles. The Morgan fingerprint density at radius 2 is 1.89 bits per heavy atom. The first kappa shape index (κ1) is 23.7. The van der Waals surface area contributed by atoms with Crippen LogP contribution in [0.15, 0.2) is 55.0 Å². The first-order valence-electron chi connectivity index (χ1n) is 11.5. The van der Waals surface area contributed by atoms with Gasteiger partial charge in [0.15, 0.2) is 5.82 Å². The molecule has 10 heteroatoms. The summed E-state index contributed by atoms with van der Waals surface area (Å²) in [5.74, 6) is 1.80. The SMILES string of the molecule is COc1cc(/C=C/c2nc3n(n2)CCC[C@@H]3c2ccc(OC(F)(F)F)cc2)ccc1-n1cnc(C)c1. The first-order chi connectivity index (χ1) is 17.3. The van der Waals surface area contributed by atoms with Crippen molar-refractivity contribution in [2.45, 2.75) is 38.6 Å². The molecule has 0 aliphatic carbocycles. The minimum Gasteiger partial charge on any atom is -0.495 e. The third kappa shape index (κ3) is 5.12. The quantitative estimate of drug-likeness (QED) is 0.340. The van der Waals surface area contributed by atoms with Crippen molar-refractivity contribution in [2.24, 2.45) is 0 Å². The predicted octanol–water partition coefficient (Wildman–Crippen LogP) is 5.78. The minimum absolute atomic E-state index is 0.0497. The second kappa shape index (κ2) is 9.52. The number of benzene rings is 2. The molecule has 5 rings (SSSR count). The van der Waals surface area contributed by atoms with Crippen molar-refractivity contribution in [3.63, 3.8) is 0 Å². The molecular weight excluding hydrogens is 471 g/mol. The molecule has 0 saturated carbocycles. The van der Waals surface area contributed by atoms with Crippen LogP contribution in [-0.4, -0.2) is 37.8 Å². The lowest BCUT2D eigenvalue weighted by Crippen LogP contribution is -2.18. The number of aromatic nitrogens is 5. The average Bonchev–Trinajstić information content (AvgIpc) is 3.48. The van der Waals surface area contributed by atoms with Crippen LogP contribution >= 0.6 is 0 Å². The molecule has 1 aliphatic heterocycles. The van der Waals surface area contributed by atoms with Gasteiger partial charge in [0.1, 0.15) is 17.3 Å². The van der Waals surface area contributed by atoms with Crippen molar-refractivity contribution in [1.82, 2.24) is 24.3 Å². The molecule has 0 fully saturated rings. The average molecular weight is 496 g/mol. The van der Waals surface area contributed by atoms with Gasteiger partial charge in [-0.1, -0.05) is 24.3 Å². The van der Waals surface area contributed by atoms with Crippen LogP contribution in [0.2, 0.25) is 0 Å². The van der Waals surface area contributed by atoms with E-state index in [1.54, 1.807) is 25.6 Å². The van der Waals surface area contributed by atoms with Gasteiger partial charge in [0, 0.05) is 18.7 Å². The molecule has 186 valence electrons. The summed E-state index contributed by atoms with van der Waals surface area (Å²) in [6.45, 7) is 2.67. The molecule has 0 N–H and O–H groups in total. The van der Waals surface area contributed by atoms with Crippen molar-refractivity contribution in [3.8, 4) is 17.2 Å². The van der Waals surface area contributed by atoms with E-state index < -0.39 is 6.36 Å². The fourth-order valence-corrected chi connectivity index (χ4v) is 4.39. The molecule has 0 unspecified atom stereocenters. The first-order valence-corrected chi connectivity index (χ1v) is 11.5. The molecule has 1 atom stereocenters. The number of nitrogens with zero attached hydrogens (tertiary/aromatic N) is 5. The highest BCUT2D eigenvalue weighted by Crippen LogP contribution is 2.34. The molecule has 0 saturated heterocycles. The molecular formula is C26H24F3N5O2. The van der Waals surface area contributed by atoms with Crippen LogP contribution in [0.25, 0.3) is 17.8 Å². The van der Waals surface area contributed by atoms with E-state index in [0.29, 0.717) is 11.6 Å². The maximum absolute atomic E-state index is 12.5. The summed E-state index contributed by atoms with van der Waals surface area (Å²) >= 11 is 0. The van der Waals surface area contributed by atoms with Gasteiger partial charge in [0.2, 0.25) is 0 Å². The van der Waals surface area contributed by atoms with Crippen LogP contribution in [0, 0.1) is 6.92 Å². The van der Waals surface area contributed by atoms with Crippen LogP contribution in [0.3, 0.4) is 0 Å². The molecule has 4 aromatic rings. The second-order valence-corrected chi connectivity index (χ2v) is 8.55.